The molecule has 2 unspecified atom stereocenters. The summed E-state index contributed by atoms with van der Waals surface area (Å²) in [7, 11) is 1.67. The van der Waals surface area contributed by atoms with E-state index in [1.54, 1.807) is 7.11 Å². The number of aliphatic hydroxyl groups excluding tert-OH is 1. The molecule has 0 fully saturated rings. The molecule has 3 nitrogen and oxygen atoms in total. The van der Waals surface area contributed by atoms with Crippen molar-refractivity contribution in [2.75, 3.05) is 13.7 Å². The standard InChI is InChI=1S/C12H20O3/c1-8(5-6-14-4)12(13)11-7-9(2)15-10(11)3/h7-8,12-13H,5-6H2,1-4H3. The Morgan fingerprint density at radius 1 is 1.47 bits per heavy atom. The summed E-state index contributed by atoms with van der Waals surface area (Å²) in [6.45, 7) is 6.47. The van der Waals surface area contributed by atoms with Crippen LogP contribution in [0.3, 0.4) is 0 Å². The van der Waals surface area contributed by atoms with Gasteiger partial charge in [0.25, 0.3) is 0 Å². The van der Waals surface area contributed by atoms with Gasteiger partial charge in [0.15, 0.2) is 0 Å². The van der Waals surface area contributed by atoms with Crippen molar-refractivity contribution in [2.24, 2.45) is 5.92 Å². The van der Waals surface area contributed by atoms with Crippen LogP contribution in [-0.4, -0.2) is 18.8 Å². The largest absolute Gasteiger partial charge is 0.466 e. The maximum absolute atomic E-state index is 10.1. The summed E-state index contributed by atoms with van der Waals surface area (Å²) in [5.41, 5.74) is 0.899. The molecule has 0 aliphatic heterocycles. The van der Waals surface area contributed by atoms with Crippen molar-refractivity contribution in [1.29, 1.82) is 0 Å². The lowest BCUT2D eigenvalue weighted by molar-refractivity contribution is 0.0875. The molecule has 1 aromatic heterocycles. The fourth-order valence-electron chi connectivity index (χ4n) is 1.71. The Morgan fingerprint density at radius 2 is 2.13 bits per heavy atom. The number of ether oxygens (including phenoxy) is 1. The van der Waals surface area contributed by atoms with Gasteiger partial charge in [0, 0.05) is 19.3 Å². The van der Waals surface area contributed by atoms with Gasteiger partial charge in [-0.3, -0.25) is 0 Å². The second-order valence-electron chi connectivity index (χ2n) is 4.07. The molecule has 0 saturated heterocycles. The van der Waals surface area contributed by atoms with Crippen LogP contribution in [0.1, 0.15) is 36.5 Å². The summed E-state index contributed by atoms with van der Waals surface area (Å²) in [6.07, 6.45) is 0.388. The molecular formula is C12H20O3. The maximum Gasteiger partial charge on any atom is 0.106 e. The van der Waals surface area contributed by atoms with E-state index in [1.807, 2.05) is 26.8 Å². The highest BCUT2D eigenvalue weighted by molar-refractivity contribution is 5.23. The summed E-state index contributed by atoms with van der Waals surface area (Å²) < 4.78 is 10.4. The first-order chi connectivity index (χ1) is 7.06. The van der Waals surface area contributed by atoms with E-state index in [2.05, 4.69) is 0 Å². The van der Waals surface area contributed by atoms with E-state index in [-0.39, 0.29) is 5.92 Å². The van der Waals surface area contributed by atoms with E-state index in [0.717, 1.165) is 23.5 Å². The highest BCUT2D eigenvalue weighted by atomic mass is 16.5. The first-order valence-electron chi connectivity index (χ1n) is 5.30. The highest BCUT2D eigenvalue weighted by Gasteiger charge is 2.20. The molecule has 0 bridgehead atoms. The molecule has 1 N–H and O–H groups in total. The van der Waals surface area contributed by atoms with Crippen molar-refractivity contribution in [3.05, 3.63) is 23.2 Å². The number of aryl methyl sites for hydroxylation is 2. The molecule has 1 heterocycles. The van der Waals surface area contributed by atoms with Crippen LogP contribution in [0.4, 0.5) is 0 Å². The molecule has 15 heavy (non-hydrogen) atoms. The Labute approximate surface area is 91.1 Å². The quantitative estimate of drug-likeness (QED) is 0.815. The molecule has 0 saturated carbocycles. The van der Waals surface area contributed by atoms with E-state index in [1.165, 1.54) is 0 Å². The Balaban J connectivity index is 2.66. The number of furan rings is 1. The molecule has 0 radical (unpaired) electrons. The maximum atomic E-state index is 10.1. The molecule has 0 spiro atoms. The van der Waals surface area contributed by atoms with Crippen molar-refractivity contribution in [1.82, 2.24) is 0 Å². The molecule has 2 atom stereocenters. The van der Waals surface area contributed by atoms with E-state index < -0.39 is 6.10 Å². The number of aliphatic hydroxyl groups is 1. The zero-order valence-corrected chi connectivity index (χ0v) is 9.91. The van der Waals surface area contributed by atoms with Crippen LogP contribution in [0.5, 0.6) is 0 Å². The fraction of sp³-hybridized carbons (Fsp3) is 0.667. The SMILES string of the molecule is COCCC(C)C(O)c1cc(C)oc1C. The normalized spacial score (nSPS) is 15.3. The third-order valence-corrected chi connectivity index (χ3v) is 2.71. The molecule has 1 aromatic rings. The van der Waals surface area contributed by atoms with E-state index in [0.29, 0.717) is 6.61 Å². The van der Waals surface area contributed by atoms with Crippen LogP contribution in [0.2, 0.25) is 0 Å². The van der Waals surface area contributed by atoms with Crippen molar-refractivity contribution in [3.8, 4) is 0 Å². The van der Waals surface area contributed by atoms with Gasteiger partial charge < -0.3 is 14.3 Å². The third-order valence-electron chi connectivity index (χ3n) is 2.71. The summed E-state index contributed by atoms with van der Waals surface area (Å²) in [5.74, 6) is 1.84. The predicted octanol–water partition coefficient (Wildman–Crippen LogP) is 2.60. The minimum absolute atomic E-state index is 0.181. The Kier molecular flexibility index (Phi) is 4.36. The fourth-order valence-corrected chi connectivity index (χ4v) is 1.71. The molecule has 0 aliphatic rings. The van der Waals surface area contributed by atoms with Crippen molar-refractivity contribution >= 4 is 0 Å². The molecule has 0 aliphatic carbocycles. The van der Waals surface area contributed by atoms with Crippen LogP contribution in [0, 0.1) is 19.8 Å². The van der Waals surface area contributed by atoms with Crippen LogP contribution in [0.15, 0.2) is 10.5 Å². The minimum atomic E-state index is -0.461. The second-order valence-corrected chi connectivity index (χ2v) is 4.07. The van der Waals surface area contributed by atoms with Gasteiger partial charge >= 0.3 is 0 Å². The van der Waals surface area contributed by atoms with Gasteiger partial charge in [-0.05, 0) is 32.3 Å². The molecule has 1 rings (SSSR count). The van der Waals surface area contributed by atoms with Crippen LogP contribution >= 0.6 is 0 Å². The van der Waals surface area contributed by atoms with Crippen molar-refractivity contribution < 1.29 is 14.3 Å². The molecule has 3 heteroatoms. The van der Waals surface area contributed by atoms with Gasteiger partial charge in [0.2, 0.25) is 0 Å². The predicted molar refractivity (Wildman–Crippen MR) is 58.8 cm³/mol. The average Bonchev–Trinajstić information content (AvgIpc) is 2.53. The van der Waals surface area contributed by atoms with Crippen molar-refractivity contribution in [3.63, 3.8) is 0 Å². The zero-order chi connectivity index (χ0) is 11.4. The minimum Gasteiger partial charge on any atom is -0.466 e. The Morgan fingerprint density at radius 3 is 2.60 bits per heavy atom. The van der Waals surface area contributed by atoms with Gasteiger partial charge in [-0.1, -0.05) is 6.92 Å². The van der Waals surface area contributed by atoms with Crippen LogP contribution in [0.25, 0.3) is 0 Å². The van der Waals surface area contributed by atoms with Gasteiger partial charge in [-0.2, -0.15) is 0 Å². The molecular weight excluding hydrogens is 192 g/mol. The Bertz CT molecular complexity index is 304. The summed E-state index contributed by atoms with van der Waals surface area (Å²) >= 11 is 0. The van der Waals surface area contributed by atoms with Gasteiger partial charge in [0.05, 0.1) is 6.10 Å². The smallest absolute Gasteiger partial charge is 0.106 e. The van der Waals surface area contributed by atoms with E-state index in [9.17, 15) is 5.11 Å². The lowest BCUT2D eigenvalue weighted by atomic mass is 9.95. The first kappa shape index (κ1) is 12.3. The third kappa shape index (κ3) is 3.08. The first-order valence-corrected chi connectivity index (χ1v) is 5.30. The summed E-state index contributed by atoms with van der Waals surface area (Å²) in [6, 6.07) is 1.91. The van der Waals surface area contributed by atoms with Gasteiger partial charge in [-0.15, -0.1) is 0 Å². The number of hydrogen-bond acceptors (Lipinski definition) is 3. The van der Waals surface area contributed by atoms with E-state index in [4.69, 9.17) is 9.15 Å². The van der Waals surface area contributed by atoms with Crippen molar-refractivity contribution in [2.45, 2.75) is 33.3 Å². The number of methoxy groups -OCH3 is 1. The summed E-state index contributed by atoms with van der Waals surface area (Å²) in [5, 5.41) is 10.1. The summed E-state index contributed by atoms with van der Waals surface area (Å²) in [4.78, 5) is 0. The highest BCUT2D eigenvalue weighted by Crippen LogP contribution is 2.28. The lowest BCUT2D eigenvalue weighted by Gasteiger charge is -2.17. The van der Waals surface area contributed by atoms with Crippen LogP contribution in [-0.2, 0) is 4.74 Å². The van der Waals surface area contributed by atoms with E-state index >= 15 is 0 Å². The Hall–Kier alpha value is -0.800. The molecule has 0 aromatic carbocycles. The number of hydrogen-bond donors (Lipinski definition) is 1. The van der Waals surface area contributed by atoms with Gasteiger partial charge in [-0.25, -0.2) is 0 Å². The topological polar surface area (TPSA) is 42.6 Å². The average molecular weight is 212 g/mol. The van der Waals surface area contributed by atoms with Gasteiger partial charge in [0.1, 0.15) is 11.5 Å². The lowest BCUT2D eigenvalue weighted by Crippen LogP contribution is -2.11. The zero-order valence-electron chi connectivity index (χ0n) is 9.91. The number of rotatable bonds is 5. The second kappa shape index (κ2) is 5.33. The van der Waals surface area contributed by atoms with Crippen LogP contribution < -0.4 is 0 Å². The monoisotopic (exact) mass is 212 g/mol. The molecule has 86 valence electrons. The molecule has 0 amide bonds.